The highest BCUT2D eigenvalue weighted by Gasteiger charge is 2.38. The quantitative estimate of drug-likeness (QED) is 0.834. The summed E-state index contributed by atoms with van der Waals surface area (Å²) in [5, 5.41) is 0. The summed E-state index contributed by atoms with van der Waals surface area (Å²) in [4.78, 5) is 2.62. The molecule has 2 saturated heterocycles. The molecule has 3 nitrogen and oxygen atoms in total. The summed E-state index contributed by atoms with van der Waals surface area (Å²) < 4.78 is 11.3. The largest absolute Gasteiger partial charge is 0.381 e. The average molecular weight is 261 g/mol. The zero-order valence-corrected chi connectivity index (χ0v) is 11.8. The molecule has 19 heavy (non-hydrogen) atoms. The fourth-order valence-corrected chi connectivity index (χ4v) is 3.41. The van der Waals surface area contributed by atoms with Crippen molar-refractivity contribution in [3.05, 3.63) is 35.4 Å². The predicted molar refractivity (Wildman–Crippen MR) is 75.1 cm³/mol. The zero-order chi connectivity index (χ0) is 13.2. The van der Waals surface area contributed by atoms with Gasteiger partial charge < -0.3 is 9.47 Å². The first-order chi connectivity index (χ1) is 9.26. The molecule has 1 aromatic rings. The van der Waals surface area contributed by atoms with Gasteiger partial charge in [-0.2, -0.15) is 0 Å². The molecule has 104 valence electrons. The molecule has 3 heteroatoms. The van der Waals surface area contributed by atoms with Crippen LogP contribution in [0.2, 0.25) is 0 Å². The van der Waals surface area contributed by atoms with Gasteiger partial charge in [0.2, 0.25) is 0 Å². The second-order valence-electron chi connectivity index (χ2n) is 5.84. The van der Waals surface area contributed by atoms with Crippen LogP contribution in [0.1, 0.15) is 24.0 Å². The monoisotopic (exact) mass is 261 g/mol. The van der Waals surface area contributed by atoms with E-state index in [1.807, 2.05) is 7.11 Å². The Morgan fingerprint density at radius 1 is 1.26 bits per heavy atom. The normalized spacial score (nSPS) is 31.4. The SMILES string of the molecule is COC1CC2COCC(C1)N2Cc1cccc(C)c1. The number of ether oxygens (including phenoxy) is 2. The van der Waals surface area contributed by atoms with E-state index in [1.165, 1.54) is 11.1 Å². The molecule has 0 spiro atoms. The van der Waals surface area contributed by atoms with Crippen LogP contribution in [0.25, 0.3) is 0 Å². The minimum Gasteiger partial charge on any atom is -0.381 e. The molecule has 2 aliphatic rings. The van der Waals surface area contributed by atoms with Crippen molar-refractivity contribution in [3.8, 4) is 0 Å². The molecule has 0 radical (unpaired) electrons. The Hall–Kier alpha value is -0.900. The molecule has 2 fully saturated rings. The van der Waals surface area contributed by atoms with E-state index < -0.39 is 0 Å². The highest BCUT2D eigenvalue weighted by molar-refractivity contribution is 5.22. The Labute approximate surface area is 115 Å². The number of benzene rings is 1. The molecule has 0 saturated carbocycles. The van der Waals surface area contributed by atoms with Crippen LogP contribution >= 0.6 is 0 Å². The lowest BCUT2D eigenvalue weighted by Gasteiger charge is -2.48. The number of piperidine rings is 1. The number of morpholine rings is 1. The highest BCUT2D eigenvalue weighted by atomic mass is 16.5. The average Bonchev–Trinajstić information content (AvgIpc) is 2.38. The second-order valence-corrected chi connectivity index (χ2v) is 5.84. The molecule has 2 atom stereocenters. The fraction of sp³-hybridized carbons (Fsp3) is 0.625. The molecular weight excluding hydrogens is 238 g/mol. The van der Waals surface area contributed by atoms with Gasteiger partial charge in [-0.05, 0) is 25.3 Å². The van der Waals surface area contributed by atoms with E-state index in [2.05, 4.69) is 36.1 Å². The van der Waals surface area contributed by atoms with Gasteiger partial charge in [-0.1, -0.05) is 29.8 Å². The molecule has 0 aromatic heterocycles. The van der Waals surface area contributed by atoms with Gasteiger partial charge in [0.25, 0.3) is 0 Å². The van der Waals surface area contributed by atoms with Crippen LogP contribution in [-0.2, 0) is 16.0 Å². The molecule has 2 aliphatic heterocycles. The minimum atomic E-state index is 0.410. The number of fused-ring (bicyclic) bond motifs is 2. The Balaban J connectivity index is 1.73. The lowest BCUT2D eigenvalue weighted by Crippen LogP contribution is -2.57. The predicted octanol–water partition coefficient (Wildman–Crippen LogP) is 2.37. The van der Waals surface area contributed by atoms with Gasteiger partial charge in [-0.25, -0.2) is 0 Å². The number of hydrogen-bond donors (Lipinski definition) is 0. The summed E-state index contributed by atoms with van der Waals surface area (Å²) in [6, 6.07) is 9.85. The molecule has 0 amide bonds. The maximum Gasteiger partial charge on any atom is 0.0623 e. The third-order valence-electron chi connectivity index (χ3n) is 4.41. The first-order valence-corrected chi connectivity index (χ1v) is 7.18. The van der Waals surface area contributed by atoms with Crippen LogP contribution in [0.4, 0.5) is 0 Å². The molecule has 0 aliphatic carbocycles. The Kier molecular flexibility index (Phi) is 3.87. The van der Waals surface area contributed by atoms with Gasteiger partial charge in [0.15, 0.2) is 0 Å². The van der Waals surface area contributed by atoms with E-state index in [-0.39, 0.29) is 0 Å². The summed E-state index contributed by atoms with van der Waals surface area (Å²) in [5.41, 5.74) is 2.75. The lowest BCUT2D eigenvalue weighted by atomic mass is 9.91. The van der Waals surface area contributed by atoms with Crippen LogP contribution in [0, 0.1) is 6.92 Å². The van der Waals surface area contributed by atoms with Crippen molar-refractivity contribution in [2.45, 2.75) is 44.5 Å². The van der Waals surface area contributed by atoms with Crippen molar-refractivity contribution in [3.63, 3.8) is 0 Å². The van der Waals surface area contributed by atoms with E-state index in [1.54, 1.807) is 0 Å². The lowest BCUT2D eigenvalue weighted by molar-refractivity contribution is -0.115. The summed E-state index contributed by atoms with van der Waals surface area (Å²) in [7, 11) is 1.83. The van der Waals surface area contributed by atoms with Crippen molar-refractivity contribution in [1.82, 2.24) is 4.90 Å². The van der Waals surface area contributed by atoms with Crippen molar-refractivity contribution in [1.29, 1.82) is 0 Å². The van der Waals surface area contributed by atoms with Gasteiger partial charge in [-0.15, -0.1) is 0 Å². The number of aryl methyl sites for hydroxylation is 1. The molecule has 2 unspecified atom stereocenters. The third kappa shape index (κ3) is 2.83. The molecule has 1 aromatic carbocycles. The van der Waals surface area contributed by atoms with Gasteiger partial charge in [0, 0.05) is 25.7 Å². The van der Waals surface area contributed by atoms with Crippen molar-refractivity contribution >= 4 is 0 Å². The molecule has 2 heterocycles. The standard InChI is InChI=1S/C16H23NO2/c1-12-4-3-5-13(6-12)9-17-14-7-16(18-2)8-15(17)11-19-10-14/h3-6,14-16H,7-11H2,1-2H3. The van der Waals surface area contributed by atoms with Crippen molar-refractivity contribution in [2.75, 3.05) is 20.3 Å². The van der Waals surface area contributed by atoms with Crippen LogP contribution in [-0.4, -0.2) is 43.4 Å². The van der Waals surface area contributed by atoms with E-state index in [9.17, 15) is 0 Å². The third-order valence-corrected chi connectivity index (χ3v) is 4.41. The summed E-state index contributed by atoms with van der Waals surface area (Å²) in [5.74, 6) is 0. The zero-order valence-electron chi connectivity index (χ0n) is 11.8. The number of hydrogen-bond acceptors (Lipinski definition) is 3. The smallest absolute Gasteiger partial charge is 0.0623 e. The number of nitrogens with zero attached hydrogens (tertiary/aromatic N) is 1. The van der Waals surface area contributed by atoms with Gasteiger partial charge in [-0.3, -0.25) is 4.90 Å². The molecular formula is C16H23NO2. The molecule has 3 rings (SSSR count). The van der Waals surface area contributed by atoms with E-state index >= 15 is 0 Å². The Morgan fingerprint density at radius 2 is 2.00 bits per heavy atom. The maximum atomic E-state index is 5.72. The van der Waals surface area contributed by atoms with Crippen LogP contribution in [0.5, 0.6) is 0 Å². The fourth-order valence-electron chi connectivity index (χ4n) is 3.41. The number of rotatable bonds is 3. The second kappa shape index (κ2) is 5.61. The summed E-state index contributed by atoms with van der Waals surface area (Å²) in [6.07, 6.45) is 2.60. The van der Waals surface area contributed by atoms with Gasteiger partial charge in [0.05, 0.1) is 19.3 Å². The summed E-state index contributed by atoms with van der Waals surface area (Å²) >= 11 is 0. The topological polar surface area (TPSA) is 21.7 Å². The van der Waals surface area contributed by atoms with Crippen molar-refractivity contribution in [2.24, 2.45) is 0 Å². The minimum absolute atomic E-state index is 0.410. The first kappa shape index (κ1) is 13.1. The summed E-state index contributed by atoms with van der Waals surface area (Å²) in [6.45, 7) is 4.89. The van der Waals surface area contributed by atoms with E-state index in [0.717, 1.165) is 32.6 Å². The first-order valence-electron chi connectivity index (χ1n) is 7.18. The highest BCUT2D eigenvalue weighted by Crippen LogP contribution is 2.30. The Bertz CT molecular complexity index is 421. The van der Waals surface area contributed by atoms with Crippen molar-refractivity contribution < 1.29 is 9.47 Å². The van der Waals surface area contributed by atoms with Gasteiger partial charge in [0.1, 0.15) is 0 Å². The Morgan fingerprint density at radius 3 is 2.63 bits per heavy atom. The van der Waals surface area contributed by atoms with Crippen LogP contribution < -0.4 is 0 Å². The number of methoxy groups -OCH3 is 1. The molecule has 0 N–H and O–H groups in total. The molecule has 2 bridgehead atoms. The van der Waals surface area contributed by atoms with Crippen LogP contribution in [0.15, 0.2) is 24.3 Å². The van der Waals surface area contributed by atoms with E-state index in [0.29, 0.717) is 18.2 Å². The maximum absolute atomic E-state index is 5.72. The van der Waals surface area contributed by atoms with E-state index in [4.69, 9.17) is 9.47 Å². The van der Waals surface area contributed by atoms with Crippen LogP contribution in [0.3, 0.4) is 0 Å². The van der Waals surface area contributed by atoms with Gasteiger partial charge >= 0.3 is 0 Å².